The van der Waals surface area contributed by atoms with Crippen molar-refractivity contribution in [1.82, 2.24) is 9.55 Å². The van der Waals surface area contributed by atoms with Crippen molar-refractivity contribution in [2.75, 3.05) is 16.5 Å². The third-order valence-electron chi connectivity index (χ3n) is 10.3. The molecule has 0 unspecified atom stereocenters. The molecule has 0 bridgehead atoms. The van der Waals surface area contributed by atoms with Crippen molar-refractivity contribution in [3.8, 4) is 16.9 Å². The fourth-order valence-electron chi connectivity index (χ4n) is 7.48. The predicted octanol–water partition coefficient (Wildman–Crippen LogP) is 11.2. The summed E-state index contributed by atoms with van der Waals surface area (Å²) in [6, 6.07) is 49.6. The molecule has 1 aliphatic rings. The van der Waals surface area contributed by atoms with Crippen molar-refractivity contribution < 1.29 is 21.1 Å². The summed E-state index contributed by atoms with van der Waals surface area (Å²) in [7, 11) is 0. The smallest absolute Gasteiger partial charge is 0.349 e. The van der Waals surface area contributed by atoms with Crippen LogP contribution in [0, 0.1) is 12.1 Å². The van der Waals surface area contributed by atoms with Crippen molar-refractivity contribution in [3.05, 3.63) is 150 Å². The van der Waals surface area contributed by atoms with Gasteiger partial charge >= 0.3 is 21.1 Å². The minimum absolute atomic E-state index is 0. The van der Waals surface area contributed by atoms with Gasteiger partial charge < -0.3 is 14.4 Å². The maximum atomic E-state index is 4.95. The standard InChI is InChI=1S/C45H42N4.Pt/c1-30(2)36-16-7-8-17-37(36)32-24-25-46-44(26-32)49-40-19-10-9-18-38(40)39-23-22-34(28-43(39)49)45(5,6)33-14-13-15-35(27-33)48-29-47(31(3)4)41-20-11-12-21-42(41)48;/h7-26,30-31H,29H2,1-6H3;/q-2;+2. The van der Waals surface area contributed by atoms with Gasteiger partial charge in [-0.3, -0.25) is 0 Å². The van der Waals surface area contributed by atoms with Crippen LogP contribution in [0.25, 0.3) is 38.8 Å². The maximum absolute atomic E-state index is 4.95. The molecule has 0 spiro atoms. The van der Waals surface area contributed by atoms with Gasteiger partial charge in [-0.25, -0.2) is 4.98 Å². The van der Waals surface area contributed by atoms with E-state index < -0.39 is 0 Å². The Hall–Kier alpha value is -4.66. The minimum Gasteiger partial charge on any atom is -0.349 e. The zero-order chi connectivity index (χ0) is 33.9. The summed E-state index contributed by atoms with van der Waals surface area (Å²) >= 11 is 0. The molecule has 4 nitrogen and oxygen atoms in total. The van der Waals surface area contributed by atoms with E-state index in [1.165, 1.54) is 38.8 Å². The summed E-state index contributed by atoms with van der Waals surface area (Å²) in [6.07, 6.45) is 1.94. The minimum atomic E-state index is -0.353. The van der Waals surface area contributed by atoms with Crippen molar-refractivity contribution >= 4 is 38.9 Å². The first-order valence-corrected chi connectivity index (χ1v) is 17.4. The molecule has 50 heavy (non-hydrogen) atoms. The van der Waals surface area contributed by atoms with Gasteiger partial charge in [0.15, 0.2) is 0 Å². The predicted molar refractivity (Wildman–Crippen MR) is 205 cm³/mol. The van der Waals surface area contributed by atoms with Crippen LogP contribution in [0.1, 0.15) is 64.2 Å². The second kappa shape index (κ2) is 13.2. The molecule has 8 rings (SSSR count). The summed E-state index contributed by atoms with van der Waals surface area (Å²) in [5.41, 5.74) is 11.4. The van der Waals surface area contributed by atoms with Gasteiger partial charge in [0.2, 0.25) is 0 Å². The average molecular weight is 834 g/mol. The number of para-hydroxylation sites is 3. The van der Waals surface area contributed by atoms with Crippen LogP contribution in [0.15, 0.2) is 121 Å². The van der Waals surface area contributed by atoms with E-state index in [0.717, 1.165) is 40.3 Å². The molecule has 0 atom stereocenters. The van der Waals surface area contributed by atoms with Gasteiger partial charge in [0.05, 0.1) is 18.0 Å². The van der Waals surface area contributed by atoms with Gasteiger partial charge in [0.25, 0.3) is 0 Å². The average Bonchev–Trinajstić information content (AvgIpc) is 3.68. The zero-order valence-electron chi connectivity index (χ0n) is 29.5. The fraction of sp³-hybridized carbons (Fsp3) is 0.222. The Morgan fingerprint density at radius 3 is 2.22 bits per heavy atom. The first kappa shape index (κ1) is 33.8. The fourth-order valence-corrected chi connectivity index (χ4v) is 7.48. The van der Waals surface area contributed by atoms with Crippen molar-refractivity contribution in [2.45, 2.75) is 58.9 Å². The number of pyridine rings is 1. The second-order valence-electron chi connectivity index (χ2n) is 14.3. The maximum Gasteiger partial charge on any atom is 2.00 e. The number of hydrogen-bond donors (Lipinski definition) is 0. The number of anilines is 3. The van der Waals surface area contributed by atoms with Gasteiger partial charge in [-0.2, -0.15) is 47.5 Å². The van der Waals surface area contributed by atoms with Crippen LogP contribution in [0.2, 0.25) is 0 Å². The zero-order valence-corrected chi connectivity index (χ0v) is 31.8. The summed E-state index contributed by atoms with van der Waals surface area (Å²) in [6.45, 7) is 14.4. The van der Waals surface area contributed by atoms with Gasteiger partial charge in [0, 0.05) is 17.8 Å². The van der Waals surface area contributed by atoms with Gasteiger partial charge in [-0.15, -0.1) is 11.5 Å². The van der Waals surface area contributed by atoms with Crippen molar-refractivity contribution in [1.29, 1.82) is 0 Å². The van der Waals surface area contributed by atoms with Crippen LogP contribution in [-0.4, -0.2) is 22.3 Å². The van der Waals surface area contributed by atoms with Gasteiger partial charge in [-0.05, 0) is 77.6 Å². The molecule has 252 valence electrons. The molecular formula is C45H42N4Pt. The van der Waals surface area contributed by atoms with E-state index in [2.05, 4.69) is 183 Å². The van der Waals surface area contributed by atoms with Crippen LogP contribution in [0.5, 0.6) is 0 Å². The number of nitrogens with zero attached hydrogens (tertiary/aromatic N) is 4. The van der Waals surface area contributed by atoms with Gasteiger partial charge in [-0.1, -0.05) is 93.5 Å². The number of hydrogen-bond acceptors (Lipinski definition) is 3. The molecule has 3 heterocycles. The van der Waals surface area contributed by atoms with Crippen molar-refractivity contribution in [3.63, 3.8) is 0 Å². The van der Waals surface area contributed by atoms with Crippen LogP contribution >= 0.6 is 0 Å². The van der Waals surface area contributed by atoms with E-state index >= 15 is 0 Å². The van der Waals surface area contributed by atoms with E-state index in [0.29, 0.717) is 12.0 Å². The van der Waals surface area contributed by atoms with Crippen molar-refractivity contribution in [2.24, 2.45) is 0 Å². The first-order valence-electron chi connectivity index (χ1n) is 17.4. The van der Waals surface area contributed by atoms with Crippen LogP contribution in [-0.2, 0) is 26.5 Å². The Bertz CT molecular complexity index is 2330. The second-order valence-corrected chi connectivity index (χ2v) is 14.3. The summed E-state index contributed by atoms with van der Waals surface area (Å²) in [5.74, 6) is 1.31. The quantitative estimate of drug-likeness (QED) is 0.150. The Kier molecular flexibility index (Phi) is 8.95. The summed E-state index contributed by atoms with van der Waals surface area (Å²) in [5, 5.41) is 2.37. The largest absolute Gasteiger partial charge is 2.00 e. The third kappa shape index (κ3) is 5.64. The summed E-state index contributed by atoms with van der Waals surface area (Å²) < 4.78 is 2.29. The molecule has 5 heteroatoms. The SMILES string of the molecule is CC(C)c1ccccc1-c1ccnc(-n2c3[c-]c(C(C)(C)c4[c-]c(N5CN(C(C)C)c6ccccc65)ccc4)ccc3c3ccccc32)c1.[Pt+2]. The molecule has 0 amide bonds. The molecule has 0 radical (unpaired) electrons. The monoisotopic (exact) mass is 833 g/mol. The number of fused-ring (bicyclic) bond motifs is 4. The van der Waals surface area contributed by atoms with Crippen LogP contribution in [0.4, 0.5) is 17.1 Å². The Balaban J connectivity index is 0.00000392. The molecule has 2 aromatic heterocycles. The number of rotatable bonds is 7. The molecule has 7 aromatic rings. The molecule has 0 saturated carbocycles. The van der Waals surface area contributed by atoms with E-state index in [4.69, 9.17) is 4.98 Å². The molecule has 1 aliphatic heterocycles. The van der Waals surface area contributed by atoms with E-state index in [-0.39, 0.29) is 26.5 Å². The Morgan fingerprint density at radius 2 is 1.42 bits per heavy atom. The van der Waals surface area contributed by atoms with E-state index in [1.807, 2.05) is 6.20 Å². The van der Waals surface area contributed by atoms with Crippen LogP contribution < -0.4 is 9.80 Å². The third-order valence-corrected chi connectivity index (χ3v) is 10.3. The topological polar surface area (TPSA) is 24.3 Å². The first-order chi connectivity index (χ1) is 23.7. The molecule has 0 saturated heterocycles. The molecule has 5 aromatic carbocycles. The normalized spacial score (nSPS) is 13.0. The number of aromatic nitrogens is 2. The van der Waals surface area contributed by atoms with Crippen LogP contribution in [0.3, 0.4) is 0 Å². The Morgan fingerprint density at radius 1 is 0.700 bits per heavy atom. The Labute approximate surface area is 310 Å². The molecule has 0 N–H and O–H groups in total. The molecule has 0 aliphatic carbocycles. The summed E-state index contributed by atoms with van der Waals surface area (Å²) in [4.78, 5) is 9.79. The number of benzene rings is 5. The van der Waals surface area contributed by atoms with E-state index in [1.54, 1.807) is 0 Å². The molecular weight excluding hydrogens is 792 g/mol. The molecule has 0 fully saturated rings. The van der Waals surface area contributed by atoms with E-state index in [9.17, 15) is 0 Å². The van der Waals surface area contributed by atoms with Gasteiger partial charge in [0.1, 0.15) is 5.82 Å².